The maximum Gasteiger partial charge on any atom is 0.214 e. The molecule has 1 heterocycles. The molecule has 6 heteroatoms. The lowest BCUT2D eigenvalue weighted by Crippen LogP contribution is -2.51. The van der Waals surface area contributed by atoms with E-state index in [1.54, 1.807) is 4.31 Å². The summed E-state index contributed by atoms with van der Waals surface area (Å²) in [6.07, 6.45) is 3.66. The van der Waals surface area contributed by atoms with Gasteiger partial charge in [0.2, 0.25) is 10.0 Å². The maximum absolute atomic E-state index is 12.1. The Hall–Kier alpha value is -0.170. The lowest BCUT2D eigenvalue weighted by molar-refractivity contribution is -0.0241. The Kier molecular flexibility index (Phi) is 3.84. The van der Waals surface area contributed by atoms with E-state index in [4.69, 9.17) is 10.5 Å². The predicted octanol–water partition coefficient (Wildman–Crippen LogP) is -0.0817. The van der Waals surface area contributed by atoms with E-state index < -0.39 is 10.0 Å². The average molecular weight is 248 g/mol. The number of rotatable bonds is 4. The minimum atomic E-state index is -3.13. The molecule has 0 aromatic rings. The van der Waals surface area contributed by atoms with Gasteiger partial charge in [-0.1, -0.05) is 0 Å². The van der Waals surface area contributed by atoms with Crippen LogP contribution in [0.1, 0.15) is 25.7 Å². The molecule has 94 valence electrons. The lowest BCUT2D eigenvalue weighted by Gasteiger charge is -2.36. The molecule has 1 aliphatic carbocycles. The van der Waals surface area contributed by atoms with Crippen LogP contribution in [0.4, 0.5) is 0 Å². The topological polar surface area (TPSA) is 72.6 Å². The first kappa shape index (κ1) is 12.3. The minimum absolute atomic E-state index is 0.0801. The fourth-order valence-electron chi connectivity index (χ4n) is 2.62. The van der Waals surface area contributed by atoms with E-state index in [0.717, 1.165) is 19.3 Å². The molecule has 0 amide bonds. The van der Waals surface area contributed by atoms with Gasteiger partial charge in [0, 0.05) is 6.54 Å². The van der Waals surface area contributed by atoms with E-state index in [2.05, 4.69) is 0 Å². The minimum Gasteiger partial charge on any atom is -0.375 e. The Labute approximate surface area is 97.0 Å². The van der Waals surface area contributed by atoms with Crippen molar-refractivity contribution < 1.29 is 13.2 Å². The molecule has 0 aromatic carbocycles. The first-order chi connectivity index (χ1) is 7.65. The van der Waals surface area contributed by atoms with Gasteiger partial charge in [0.25, 0.3) is 0 Å². The van der Waals surface area contributed by atoms with E-state index in [1.807, 2.05) is 0 Å². The van der Waals surface area contributed by atoms with E-state index >= 15 is 0 Å². The summed E-state index contributed by atoms with van der Waals surface area (Å²) < 4.78 is 31.5. The molecular formula is C10H20N2O3S. The van der Waals surface area contributed by atoms with Crippen molar-refractivity contribution >= 4 is 10.0 Å². The number of ether oxygens (including phenoxy) is 1. The second-order valence-corrected chi connectivity index (χ2v) is 6.52. The van der Waals surface area contributed by atoms with Crippen LogP contribution in [0.5, 0.6) is 0 Å². The molecule has 0 spiro atoms. The van der Waals surface area contributed by atoms with Crippen molar-refractivity contribution in [2.75, 3.05) is 25.4 Å². The van der Waals surface area contributed by atoms with Crippen molar-refractivity contribution in [3.8, 4) is 0 Å². The summed E-state index contributed by atoms with van der Waals surface area (Å²) in [7, 11) is -3.13. The second-order valence-electron chi connectivity index (χ2n) is 4.48. The molecule has 5 nitrogen and oxygen atoms in total. The van der Waals surface area contributed by atoms with Gasteiger partial charge in [0.1, 0.15) is 0 Å². The highest BCUT2D eigenvalue weighted by atomic mass is 32.2. The first-order valence-corrected chi connectivity index (χ1v) is 7.57. The van der Waals surface area contributed by atoms with E-state index in [0.29, 0.717) is 26.1 Å². The van der Waals surface area contributed by atoms with Crippen molar-refractivity contribution in [1.82, 2.24) is 4.31 Å². The van der Waals surface area contributed by atoms with Crippen molar-refractivity contribution in [2.24, 2.45) is 5.73 Å². The van der Waals surface area contributed by atoms with Gasteiger partial charge in [-0.15, -0.1) is 0 Å². The second kappa shape index (κ2) is 5.00. The van der Waals surface area contributed by atoms with Crippen LogP contribution in [0.3, 0.4) is 0 Å². The fraction of sp³-hybridized carbons (Fsp3) is 1.00. The molecule has 1 aliphatic heterocycles. The summed E-state index contributed by atoms with van der Waals surface area (Å²) in [5, 5.41) is 0. The van der Waals surface area contributed by atoms with Crippen molar-refractivity contribution in [3.05, 3.63) is 0 Å². The molecule has 2 rings (SSSR count). The van der Waals surface area contributed by atoms with Crippen molar-refractivity contribution in [2.45, 2.75) is 37.8 Å². The smallest absolute Gasteiger partial charge is 0.214 e. The molecule has 1 saturated carbocycles. The van der Waals surface area contributed by atoms with Gasteiger partial charge in [0.05, 0.1) is 24.5 Å². The van der Waals surface area contributed by atoms with Gasteiger partial charge in [-0.2, -0.15) is 4.31 Å². The zero-order valence-corrected chi connectivity index (χ0v) is 10.3. The summed E-state index contributed by atoms with van der Waals surface area (Å²) in [5.41, 5.74) is 5.36. The SMILES string of the molecule is NCCCS(=O)(=O)N1CCOC2CCCC21. The van der Waals surface area contributed by atoms with E-state index in [1.165, 1.54) is 0 Å². The van der Waals surface area contributed by atoms with Crippen LogP contribution in [-0.4, -0.2) is 50.3 Å². The summed E-state index contributed by atoms with van der Waals surface area (Å²) >= 11 is 0. The molecule has 0 bridgehead atoms. The number of morpholine rings is 1. The van der Waals surface area contributed by atoms with E-state index in [9.17, 15) is 8.42 Å². The Morgan fingerprint density at radius 3 is 2.94 bits per heavy atom. The van der Waals surface area contributed by atoms with E-state index in [-0.39, 0.29) is 17.9 Å². The van der Waals surface area contributed by atoms with Gasteiger partial charge >= 0.3 is 0 Å². The quantitative estimate of drug-likeness (QED) is 0.755. The van der Waals surface area contributed by atoms with Crippen LogP contribution in [0.15, 0.2) is 0 Å². The van der Waals surface area contributed by atoms with Crippen LogP contribution >= 0.6 is 0 Å². The molecule has 2 aliphatic rings. The van der Waals surface area contributed by atoms with Gasteiger partial charge in [-0.05, 0) is 32.2 Å². The third-order valence-corrected chi connectivity index (χ3v) is 5.37. The number of hydrogen-bond acceptors (Lipinski definition) is 4. The molecule has 0 radical (unpaired) electrons. The average Bonchev–Trinajstić information content (AvgIpc) is 2.73. The highest BCUT2D eigenvalue weighted by Crippen LogP contribution is 2.31. The van der Waals surface area contributed by atoms with Gasteiger partial charge in [-0.3, -0.25) is 0 Å². The summed E-state index contributed by atoms with van der Waals surface area (Å²) in [5.74, 6) is 0.173. The zero-order chi connectivity index (χ0) is 11.6. The van der Waals surface area contributed by atoms with Crippen LogP contribution in [-0.2, 0) is 14.8 Å². The Bertz CT molecular complexity index is 331. The number of nitrogens with zero attached hydrogens (tertiary/aromatic N) is 1. The van der Waals surface area contributed by atoms with Gasteiger partial charge in [0.15, 0.2) is 0 Å². The fourth-order valence-corrected chi connectivity index (χ4v) is 4.39. The predicted molar refractivity (Wildman–Crippen MR) is 61.5 cm³/mol. The van der Waals surface area contributed by atoms with Crippen LogP contribution in [0.25, 0.3) is 0 Å². The normalized spacial score (nSPS) is 31.6. The number of hydrogen-bond donors (Lipinski definition) is 1. The Morgan fingerprint density at radius 1 is 1.38 bits per heavy atom. The maximum atomic E-state index is 12.1. The number of nitrogens with two attached hydrogens (primary N) is 1. The van der Waals surface area contributed by atoms with Gasteiger partial charge < -0.3 is 10.5 Å². The molecule has 1 saturated heterocycles. The summed E-state index contributed by atoms with van der Waals surface area (Å²) in [4.78, 5) is 0. The summed E-state index contributed by atoms with van der Waals surface area (Å²) in [6.45, 7) is 1.47. The molecule has 0 aromatic heterocycles. The lowest BCUT2D eigenvalue weighted by atomic mass is 10.2. The monoisotopic (exact) mass is 248 g/mol. The highest BCUT2D eigenvalue weighted by molar-refractivity contribution is 7.89. The highest BCUT2D eigenvalue weighted by Gasteiger charge is 2.41. The van der Waals surface area contributed by atoms with Crippen molar-refractivity contribution in [1.29, 1.82) is 0 Å². The molecule has 2 atom stereocenters. The zero-order valence-electron chi connectivity index (χ0n) is 9.47. The Morgan fingerprint density at radius 2 is 2.19 bits per heavy atom. The molecular weight excluding hydrogens is 228 g/mol. The van der Waals surface area contributed by atoms with Crippen LogP contribution < -0.4 is 5.73 Å². The molecule has 2 fully saturated rings. The Balaban J connectivity index is 2.07. The van der Waals surface area contributed by atoms with Crippen LogP contribution in [0, 0.1) is 0 Å². The molecule has 2 N–H and O–H groups in total. The van der Waals surface area contributed by atoms with Crippen LogP contribution in [0.2, 0.25) is 0 Å². The van der Waals surface area contributed by atoms with Gasteiger partial charge in [-0.25, -0.2) is 8.42 Å². The standard InChI is InChI=1S/C10H20N2O3S/c11-5-2-8-16(13,14)12-6-7-15-10-4-1-3-9(10)12/h9-10H,1-8,11H2. The van der Waals surface area contributed by atoms with Crippen molar-refractivity contribution in [3.63, 3.8) is 0 Å². The molecule has 16 heavy (non-hydrogen) atoms. The number of fused-ring (bicyclic) bond motifs is 1. The molecule has 2 unspecified atom stereocenters. The summed E-state index contributed by atoms with van der Waals surface area (Å²) in [6, 6.07) is 0.0801. The third kappa shape index (κ3) is 2.40. The largest absolute Gasteiger partial charge is 0.375 e. The number of sulfonamides is 1. The third-order valence-electron chi connectivity index (χ3n) is 3.39. The first-order valence-electron chi connectivity index (χ1n) is 5.96.